The Morgan fingerprint density at radius 2 is 2.00 bits per heavy atom. The van der Waals surface area contributed by atoms with Gasteiger partial charge in [-0.3, -0.25) is 4.79 Å². The maximum atomic E-state index is 11.7. The van der Waals surface area contributed by atoms with Crippen LogP contribution in [0.5, 0.6) is 0 Å². The molecule has 81 valence electrons. The van der Waals surface area contributed by atoms with Crippen molar-refractivity contribution >= 4 is 5.91 Å². The minimum Gasteiger partial charge on any atom is -0.343 e. The molecule has 1 rings (SSSR count). The van der Waals surface area contributed by atoms with Crippen molar-refractivity contribution in [1.29, 1.82) is 0 Å². The number of piperidine rings is 1. The quantitative estimate of drug-likeness (QED) is 0.675. The number of likely N-dealkylation sites (tertiary alicyclic amines) is 1. The highest BCUT2D eigenvalue weighted by atomic mass is 16.2. The molecule has 1 radical (unpaired) electrons. The molecule has 1 aliphatic heterocycles. The summed E-state index contributed by atoms with van der Waals surface area (Å²) >= 11 is 0. The van der Waals surface area contributed by atoms with Gasteiger partial charge in [-0.05, 0) is 46.3 Å². The van der Waals surface area contributed by atoms with E-state index in [-0.39, 0.29) is 0 Å². The molecule has 1 aliphatic rings. The molecule has 0 aromatic heterocycles. The fourth-order valence-electron chi connectivity index (χ4n) is 1.70. The van der Waals surface area contributed by atoms with Gasteiger partial charge in [-0.15, -0.1) is 0 Å². The van der Waals surface area contributed by atoms with Crippen LogP contribution in [0.15, 0.2) is 0 Å². The van der Waals surface area contributed by atoms with Crippen LogP contribution in [-0.4, -0.2) is 49.4 Å². The molecular weight excluding hydrogens is 176 g/mol. The Morgan fingerprint density at radius 3 is 2.57 bits per heavy atom. The molecule has 0 aromatic rings. The summed E-state index contributed by atoms with van der Waals surface area (Å²) in [7, 11) is 4.08. The van der Waals surface area contributed by atoms with Crippen LogP contribution in [0.4, 0.5) is 0 Å². The van der Waals surface area contributed by atoms with Gasteiger partial charge in [-0.25, -0.2) is 0 Å². The van der Waals surface area contributed by atoms with Crippen molar-refractivity contribution in [3.8, 4) is 0 Å². The van der Waals surface area contributed by atoms with Crippen molar-refractivity contribution < 1.29 is 4.79 Å². The summed E-state index contributed by atoms with van der Waals surface area (Å²) in [6.45, 7) is 2.87. The Labute approximate surface area is 87.1 Å². The van der Waals surface area contributed by atoms with E-state index in [0.717, 1.165) is 38.9 Å². The highest BCUT2D eigenvalue weighted by molar-refractivity contribution is 5.76. The lowest BCUT2D eigenvalue weighted by atomic mass is 10.1. The molecule has 0 atom stereocenters. The molecule has 0 aliphatic carbocycles. The van der Waals surface area contributed by atoms with Gasteiger partial charge >= 0.3 is 0 Å². The van der Waals surface area contributed by atoms with E-state index in [0.29, 0.717) is 12.3 Å². The second-order valence-electron chi connectivity index (χ2n) is 4.15. The van der Waals surface area contributed by atoms with Gasteiger partial charge in [0.2, 0.25) is 5.91 Å². The zero-order valence-electron chi connectivity index (χ0n) is 9.33. The standard InChI is InChI=1S/C11H21N2O/c1-12(2)8-6-7-11(14)13-9-4-3-5-10-13/h3H,4-10H2,1-2H3. The summed E-state index contributed by atoms with van der Waals surface area (Å²) in [5.74, 6) is 0.333. The third-order valence-electron chi connectivity index (χ3n) is 2.55. The van der Waals surface area contributed by atoms with Crippen LogP contribution in [0.3, 0.4) is 0 Å². The molecule has 1 fully saturated rings. The second-order valence-corrected chi connectivity index (χ2v) is 4.15. The minimum atomic E-state index is 0.333. The maximum Gasteiger partial charge on any atom is 0.222 e. The molecule has 0 bridgehead atoms. The van der Waals surface area contributed by atoms with Gasteiger partial charge in [0.1, 0.15) is 0 Å². The second kappa shape index (κ2) is 6.02. The number of hydrogen-bond donors (Lipinski definition) is 0. The highest BCUT2D eigenvalue weighted by Crippen LogP contribution is 2.09. The van der Waals surface area contributed by atoms with Gasteiger partial charge in [0.15, 0.2) is 0 Å². The SMILES string of the molecule is CN(C)CCCC(=O)N1CC[CH]CC1. The normalized spacial score (nSPS) is 17.5. The first-order valence-electron chi connectivity index (χ1n) is 5.44. The fourth-order valence-corrected chi connectivity index (χ4v) is 1.70. The fraction of sp³-hybridized carbons (Fsp3) is 0.818. The molecule has 3 heteroatoms. The van der Waals surface area contributed by atoms with Crippen LogP contribution < -0.4 is 0 Å². The van der Waals surface area contributed by atoms with E-state index in [2.05, 4.69) is 11.3 Å². The molecule has 1 heterocycles. The lowest BCUT2D eigenvalue weighted by Gasteiger charge is -2.26. The first-order valence-corrected chi connectivity index (χ1v) is 5.44. The van der Waals surface area contributed by atoms with Gasteiger partial charge in [0, 0.05) is 19.5 Å². The first kappa shape index (κ1) is 11.5. The average Bonchev–Trinajstić information content (AvgIpc) is 2.18. The highest BCUT2D eigenvalue weighted by Gasteiger charge is 2.15. The Kier molecular flexibility index (Phi) is 4.94. The molecule has 3 nitrogen and oxygen atoms in total. The van der Waals surface area contributed by atoms with E-state index in [9.17, 15) is 4.79 Å². The van der Waals surface area contributed by atoms with Gasteiger partial charge in [-0.1, -0.05) is 0 Å². The maximum absolute atomic E-state index is 11.7. The number of carbonyl (C=O) groups is 1. The third kappa shape index (κ3) is 4.09. The number of hydrogen-bond acceptors (Lipinski definition) is 2. The van der Waals surface area contributed by atoms with E-state index in [4.69, 9.17) is 0 Å². The van der Waals surface area contributed by atoms with E-state index >= 15 is 0 Å². The van der Waals surface area contributed by atoms with Crippen LogP contribution >= 0.6 is 0 Å². The third-order valence-corrected chi connectivity index (χ3v) is 2.55. The number of amides is 1. The monoisotopic (exact) mass is 197 g/mol. The zero-order chi connectivity index (χ0) is 10.4. The molecular formula is C11H21N2O. The molecule has 0 N–H and O–H groups in total. The summed E-state index contributed by atoms with van der Waals surface area (Å²) in [5.41, 5.74) is 0. The summed E-state index contributed by atoms with van der Waals surface area (Å²) in [6.07, 6.45) is 6.09. The van der Waals surface area contributed by atoms with Crippen LogP contribution in [-0.2, 0) is 4.79 Å². The predicted octanol–water partition coefficient (Wildman–Crippen LogP) is 1.15. The minimum absolute atomic E-state index is 0.333. The average molecular weight is 197 g/mol. The Bertz CT molecular complexity index is 174. The van der Waals surface area contributed by atoms with Crippen LogP contribution in [0.1, 0.15) is 25.7 Å². The predicted molar refractivity (Wildman–Crippen MR) is 57.9 cm³/mol. The van der Waals surface area contributed by atoms with Gasteiger partial charge < -0.3 is 9.80 Å². The molecule has 14 heavy (non-hydrogen) atoms. The van der Waals surface area contributed by atoms with Gasteiger partial charge in [-0.2, -0.15) is 0 Å². The summed E-state index contributed by atoms with van der Waals surface area (Å²) in [4.78, 5) is 15.8. The van der Waals surface area contributed by atoms with Crippen molar-refractivity contribution in [3.05, 3.63) is 6.42 Å². The largest absolute Gasteiger partial charge is 0.343 e. The van der Waals surface area contributed by atoms with Gasteiger partial charge in [0.05, 0.1) is 0 Å². The van der Waals surface area contributed by atoms with E-state index in [1.165, 1.54) is 0 Å². The Hall–Kier alpha value is -0.570. The molecule has 1 amide bonds. The van der Waals surface area contributed by atoms with Crippen LogP contribution in [0, 0.1) is 6.42 Å². The molecule has 1 saturated heterocycles. The molecule has 0 unspecified atom stereocenters. The van der Waals surface area contributed by atoms with Gasteiger partial charge in [0.25, 0.3) is 0 Å². The Balaban J connectivity index is 2.13. The summed E-state index contributed by atoms with van der Waals surface area (Å²) in [6, 6.07) is 0. The number of carbonyl (C=O) groups excluding carboxylic acids is 1. The summed E-state index contributed by atoms with van der Waals surface area (Å²) < 4.78 is 0. The molecule has 0 saturated carbocycles. The van der Waals surface area contributed by atoms with Crippen molar-refractivity contribution in [3.63, 3.8) is 0 Å². The number of rotatable bonds is 4. The van der Waals surface area contributed by atoms with E-state index < -0.39 is 0 Å². The first-order chi connectivity index (χ1) is 6.70. The van der Waals surface area contributed by atoms with Crippen LogP contribution in [0.25, 0.3) is 0 Å². The lowest BCUT2D eigenvalue weighted by molar-refractivity contribution is -0.131. The Morgan fingerprint density at radius 1 is 1.36 bits per heavy atom. The van der Waals surface area contributed by atoms with Crippen LogP contribution in [0.2, 0.25) is 0 Å². The molecule has 0 spiro atoms. The van der Waals surface area contributed by atoms with E-state index in [1.54, 1.807) is 0 Å². The number of nitrogens with zero attached hydrogens (tertiary/aromatic N) is 2. The smallest absolute Gasteiger partial charge is 0.222 e. The van der Waals surface area contributed by atoms with Crippen molar-refractivity contribution in [2.75, 3.05) is 33.7 Å². The molecule has 0 aromatic carbocycles. The topological polar surface area (TPSA) is 23.6 Å². The summed E-state index contributed by atoms with van der Waals surface area (Å²) in [5, 5.41) is 0. The van der Waals surface area contributed by atoms with Crippen molar-refractivity contribution in [2.45, 2.75) is 25.7 Å². The lowest BCUT2D eigenvalue weighted by Crippen LogP contribution is -2.35. The van der Waals surface area contributed by atoms with E-state index in [1.807, 2.05) is 19.0 Å². The van der Waals surface area contributed by atoms with Crippen molar-refractivity contribution in [1.82, 2.24) is 9.80 Å². The zero-order valence-corrected chi connectivity index (χ0v) is 9.33. The van der Waals surface area contributed by atoms with Crippen molar-refractivity contribution in [2.24, 2.45) is 0 Å².